The Hall–Kier alpha value is -0.350. The summed E-state index contributed by atoms with van der Waals surface area (Å²) < 4.78 is 0.934. The van der Waals surface area contributed by atoms with E-state index in [1.807, 2.05) is 25.1 Å². The fourth-order valence-electron chi connectivity index (χ4n) is 1.36. The molecule has 0 aliphatic carbocycles. The summed E-state index contributed by atoms with van der Waals surface area (Å²) in [5.41, 5.74) is 1.74. The molecular weight excluding hydrogens is 334 g/mol. The van der Waals surface area contributed by atoms with Gasteiger partial charge < -0.3 is 5.32 Å². The Balaban J connectivity index is 2.55. The van der Waals surface area contributed by atoms with Crippen molar-refractivity contribution in [2.24, 2.45) is 0 Å². The fraction of sp³-hybridized carbons (Fsp3) is 0.417. The van der Waals surface area contributed by atoms with Crippen molar-refractivity contribution in [3.63, 3.8) is 0 Å². The van der Waals surface area contributed by atoms with E-state index in [0.717, 1.165) is 40.3 Å². The van der Waals surface area contributed by atoms with E-state index in [2.05, 4.69) is 37.2 Å². The quantitative estimate of drug-likeness (QED) is 0.638. The van der Waals surface area contributed by atoms with E-state index in [-0.39, 0.29) is 5.91 Å². The Kier molecular flexibility index (Phi) is 6.06. The van der Waals surface area contributed by atoms with Gasteiger partial charge in [0.15, 0.2) is 0 Å². The number of aryl methyl sites for hydroxylation is 1. The third-order valence-corrected chi connectivity index (χ3v) is 3.34. The van der Waals surface area contributed by atoms with Crippen LogP contribution in [0, 0.1) is 6.92 Å². The maximum atomic E-state index is 11.8. The second kappa shape index (κ2) is 7.07. The number of halogens is 2. The van der Waals surface area contributed by atoms with Gasteiger partial charge in [-0.2, -0.15) is 0 Å². The lowest BCUT2D eigenvalue weighted by Gasteiger charge is -2.07. The van der Waals surface area contributed by atoms with Crippen LogP contribution in [0.1, 0.15) is 28.8 Å². The number of carbonyl (C=O) groups excluding carboxylic acids is 1. The van der Waals surface area contributed by atoms with Gasteiger partial charge in [0.05, 0.1) is 0 Å². The van der Waals surface area contributed by atoms with Crippen molar-refractivity contribution in [1.82, 2.24) is 5.32 Å². The predicted octanol–water partition coefficient (Wildman–Crippen LogP) is 3.66. The molecule has 1 aromatic carbocycles. The Morgan fingerprint density at radius 3 is 2.81 bits per heavy atom. The first-order chi connectivity index (χ1) is 7.65. The summed E-state index contributed by atoms with van der Waals surface area (Å²) >= 11 is 6.74. The molecule has 0 heterocycles. The Labute approximate surface area is 113 Å². The second-order valence-corrected chi connectivity index (χ2v) is 5.32. The smallest absolute Gasteiger partial charge is 0.251 e. The van der Waals surface area contributed by atoms with Gasteiger partial charge in [0.25, 0.3) is 5.91 Å². The number of carbonyl (C=O) groups is 1. The number of amides is 1. The van der Waals surface area contributed by atoms with E-state index in [0.29, 0.717) is 0 Å². The van der Waals surface area contributed by atoms with Gasteiger partial charge in [-0.25, -0.2) is 0 Å². The van der Waals surface area contributed by atoms with Crippen LogP contribution in [0.5, 0.6) is 0 Å². The first-order valence-corrected chi connectivity index (χ1v) is 7.17. The second-order valence-electron chi connectivity index (χ2n) is 3.61. The molecule has 1 amide bonds. The van der Waals surface area contributed by atoms with Crippen LogP contribution >= 0.6 is 31.9 Å². The molecule has 0 radical (unpaired) electrons. The number of hydrogen-bond donors (Lipinski definition) is 1. The van der Waals surface area contributed by atoms with E-state index < -0.39 is 0 Å². The minimum Gasteiger partial charge on any atom is -0.352 e. The SMILES string of the molecule is Cc1ccc(Br)cc1C(=O)NCCCCBr. The van der Waals surface area contributed by atoms with E-state index in [1.165, 1.54) is 0 Å². The number of hydrogen-bond acceptors (Lipinski definition) is 1. The van der Waals surface area contributed by atoms with Crippen molar-refractivity contribution < 1.29 is 4.79 Å². The van der Waals surface area contributed by atoms with Crippen LogP contribution in [0.3, 0.4) is 0 Å². The zero-order valence-electron chi connectivity index (χ0n) is 9.22. The first-order valence-electron chi connectivity index (χ1n) is 5.25. The van der Waals surface area contributed by atoms with Crippen LogP contribution < -0.4 is 5.32 Å². The summed E-state index contributed by atoms with van der Waals surface area (Å²) in [5.74, 6) is 0.00775. The maximum absolute atomic E-state index is 11.8. The number of rotatable bonds is 5. The molecule has 1 aromatic rings. The number of alkyl halides is 1. The van der Waals surface area contributed by atoms with Gasteiger partial charge in [-0.05, 0) is 37.5 Å². The predicted molar refractivity (Wildman–Crippen MR) is 74.2 cm³/mol. The molecule has 0 aliphatic heterocycles. The lowest BCUT2D eigenvalue weighted by atomic mass is 10.1. The Morgan fingerprint density at radius 2 is 2.12 bits per heavy atom. The van der Waals surface area contributed by atoms with E-state index >= 15 is 0 Å². The van der Waals surface area contributed by atoms with Crippen molar-refractivity contribution in [3.05, 3.63) is 33.8 Å². The molecule has 1 N–H and O–H groups in total. The molecule has 1 rings (SSSR count). The molecule has 88 valence electrons. The monoisotopic (exact) mass is 347 g/mol. The molecule has 0 atom stereocenters. The molecular formula is C12H15Br2NO. The number of nitrogens with one attached hydrogen (secondary N) is 1. The molecule has 16 heavy (non-hydrogen) atoms. The summed E-state index contributed by atoms with van der Waals surface area (Å²) in [4.78, 5) is 11.8. The Morgan fingerprint density at radius 1 is 1.38 bits per heavy atom. The highest BCUT2D eigenvalue weighted by Gasteiger charge is 2.08. The van der Waals surface area contributed by atoms with Gasteiger partial charge in [0, 0.05) is 21.9 Å². The molecule has 0 aliphatic rings. The van der Waals surface area contributed by atoms with Gasteiger partial charge >= 0.3 is 0 Å². The maximum Gasteiger partial charge on any atom is 0.251 e. The fourth-order valence-corrected chi connectivity index (χ4v) is 2.11. The summed E-state index contributed by atoms with van der Waals surface area (Å²) in [6.07, 6.45) is 2.09. The highest BCUT2D eigenvalue weighted by molar-refractivity contribution is 9.10. The summed E-state index contributed by atoms with van der Waals surface area (Å²) in [7, 11) is 0. The zero-order chi connectivity index (χ0) is 12.0. The van der Waals surface area contributed by atoms with Gasteiger partial charge in [-0.3, -0.25) is 4.79 Å². The molecule has 2 nitrogen and oxygen atoms in total. The average molecular weight is 349 g/mol. The van der Waals surface area contributed by atoms with Crippen molar-refractivity contribution in [3.8, 4) is 0 Å². The summed E-state index contributed by atoms with van der Waals surface area (Å²) in [6.45, 7) is 2.68. The largest absolute Gasteiger partial charge is 0.352 e. The zero-order valence-corrected chi connectivity index (χ0v) is 12.4. The summed E-state index contributed by atoms with van der Waals surface area (Å²) in [5, 5.41) is 3.91. The normalized spacial score (nSPS) is 10.2. The average Bonchev–Trinajstić information content (AvgIpc) is 2.27. The van der Waals surface area contributed by atoms with Crippen LogP contribution in [-0.2, 0) is 0 Å². The van der Waals surface area contributed by atoms with Crippen LogP contribution in [0.2, 0.25) is 0 Å². The van der Waals surface area contributed by atoms with Crippen LogP contribution in [0.4, 0.5) is 0 Å². The molecule has 0 bridgehead atoms. The topological polar surface area (TPSA) is 29.1 Å². The van der Waals surface area contributed by atoms with Gasteiger partial charge in [0.2, 0.25) is 0 Å². The van der Waals surface area contributed by atoms with Crippen molar-refractivity contribution in [1.29, 1.82) is 0 Å². The lowest BCUT2D eigenvalue weighted by molar-refractivity contribution is 0.0952. The van der Waals surface area contributed by atoms with E-state index in [4.69, 9.17) is 0 Å². The first kappa shape index (κ1) is 13.7. The highest BCUT2D eigenvalue weighted by atomic mass is 79.9. The third-order valence-electron chi connectivity index (χ3n) is 2.29. The van der Waals surface area contributed by atoms with Crippen molar-refractivity contribution in [2.45, 2.75) is 19.8 Å². The van der Waals surface area contributed by atoms with E-state index in [9.17, 15) is 4.79 Å². The Bertz CT molecular complexity index is 366. The third kappa shape index (κ3) is 4.26. The highest BCUT2D eigenvalue weighted by Crippen LogP contribution is 2.15. The molecule has 0 saturated heterocycles. The van der Waals surface area contributed by atoms with Gasteiger partial charge in [-0.15, -0.1) is 0 Å². The van der Waals surface area contributed by atoms with Crippen LogP contribution in [0.15, 0.2) is 22.7 Å². The summed E-state index contributed by atoms with van der Waals surface area (Å²) in [6, 6.07) is 5.74. The minimum absolute atomic E-state index is 0.00775. The number of unbranched alkanes of at least 4 members (excludes halogenated alkanes) is 1. The van der Waals surface area contributed by atoms with Gasteiger partial charge in [0.1, 0.15) is 0 Å². The van der Waals surface area contributed by atoms with E-state index in [1.54, 1.807) is 0 Å². The molecule has 0 unspecified atom stereocenters. The van der Waals surface area contributed by atoms with Crippen LogP contribution in [-0.4, -0.2) is 17.8 Å². The van der Waals surface area contributed by atoms with Crippen molar-refractivity contribution in [2.75, 3.05) is 11.9 Å². The van der Waals surface area contributed by atoms with Gasteiger partial charge in [-0.1, -0.05) is 37.9 Å². The minimum atomic E-state index is 0.00775. The molecule has 0 fully saturated rings. The molecule has 0 spiro atoms. The molecule has 0 saturated carbocycles. The number of benzene rings is 1. The van der Waals surface area contributed by atoms with Crippen LogP contribution in [0.25, 0.3) is 0 Å². The standard InChI is InChI=1S/C12H15Br2NO/c1-9-4-5-10(14)8-11(9)12(16)15-7-3-2-6-13/h4-5,8H,2-3,6-7H2,1H3,(H,15,16). The lowest BCUT2D eigenvalue weighted by Crippen LogP contribution is -2.25. The molecule has 0 aromatic heterocycles. The van der Waals surface area contributed by atoms with Crippen molar-refractivity contribution >= 4 is 37.8 Å². The molecule has 4 heteroatoms.